The maximum atomic E-state index is 13.4. The number of rotatable bonds is 8. The monoisotopic (exact) mass is 496 g/mol. The highest BCUT2D eigenvalue weighted by molar-refractivity contribution is 9.10. The fourth-order valence-electron chi connectivity index (χ4n) is 2.28. The van der Waals surface area contributed by atoms with E-state index in [2.05, 4.69) is 25.9 Å². The predicted octanol–water partition coefficient (Wildman–Crippen LogP) is 5.68. The Hall–Kier alpha value is -1.97. The number of hydrogen-bond donors (Lipinski definition) is 1. The molecule has 0 amide bonds. The Morgan fingerprint density at radius 3 is 2.72 bits per heavy atom. The second-order valence-corrected chi connectivity index (χ2v) is 10.2. The first-order chi connectivity index (χ1) is 13.7. The number of aromatic nitrogens is 2. The Labute approximate surface area is 184 Å². The van der Waals surface area contributed by atoms with Crippen LogP contribution in [0.3, 0.4) is 0 Å². The maximum absolute atomic E-state index is 13.4. The number of hydrogen-bond acceptors (Lipinski definition) is 6. The summed E-state index contributed by atoms with van der Waals surface area (Å²) in [4.78, 5) is 20.0. The van der Waals surface area contributed by atoms with Gasteiger partial charge in [0.2, 0.25) is 5.88 Å². The van der Waals surface area contributed by atoms with E-state index < -0.39 is 10.7 Å². The fourth-order valence-corrected chi connectivity index (χ4v) is 4.89. The molecular weight excluding hydrogens is 479 g/mol. The molecule has 0 spiro atoms. The van der Waals surface area contributed by atoms with Gasteiger partial charge in [-0.05, 0) is 53.5 Å². The molecule has 0 saturated heterocycles. The average molecular weight is 497 g/mol. The van der Waals surface area contributed by atoms with E-state index in [1.807, 2.05) is 11.4 Å². The number of benzene rings is 1. The number of carboxylic acid groups (broad SMARTS) is 1. The lowest BCUT2D eigenvalue weighted by Crippen LogP contribution is -2.26. The van der Waals surface area contributed by atoms with Gasteiger partial charge in [0.1, 0.15) is 10.6 Å². The summed E-state index contributed by atoms with van der Waals surface area (Å²) in [6.07, 6.45) is 2.28. The number of nitrogens with zero attached hydrogens (tertiary/aromatic N) is 2. The van der Waals surface area contributed by atoms with Crippen LogP contribution >= 0.6 is 39.0 Å². The first-order valence-corrected chi connectivity index (χ1v) is 11.1. The number of thioether (sulfide) groups is 1. The molecule has 0 saturated carbocycles. The molecule has 3 rings (SSSR count). The molecule has 29 heavy (non-hydrogen) atoms. The highest BCUT2D eigenvalue weighted by Gasteiger charge is 2.29. The minimum absolute atomic E-state index is 0.309. The van der Waals surface area contributed by atoms with Gasteiger partial charge >= 0.3 is 5.97 Å². The Kier molecular flexibility index (Phi) is 6.92. The lowest BCUT2D eigenvalue weighted by molar-refractivity contribution is -0.138. The van der Waals surface area contributed by atoms with Crippen molar-refractivity contribution in [3.8, 4) is 17.0 Å². The van der Waals surface area contributed by atoms with Crippen molar-refractivity contribution in [2.45, 2.75) is 29.4 Å². The van der Waals surface area contributed by atoms with Crippen molar-refractivity contribution in [1.82, 2.24) is 9.97 Å². The van der Waals surface area contributed by atoms with Gasteiger partial charge in [0, 0.05) is 29.6 Å². The van der Waals surface area contributed by atoms with E-state index in [-0.39, 0.29) is 5.82 Å². The van der Waals surface area contributed by atoms with Crippen LogP contribution in [-0.2, 0) is 11.2 Å². The zero-order valence-electron chi connectivity index (χ0n) is 15.7. The fraction of sp³-hybridized carbons (Fsp3) is 0.250. The maximum Gasteiger partial charge on any atom is 0.319 e. The van der Waals surface area contributed by atoms with E-state index in [1.54, 1.807) is 38.2 Å². The van der Waals surface area contributed by atoms with Crippen molar-refractivity contribution >= 4 is 45.0 Å². The predicted molar refractivity (Wildman–Crippen MR) is 116 cm³/mol. The molecule has 0 unspecified atom stereocenters. The van der Waals surface area contributed by atoms with Gasteiger partial charge in [-0.3, -0.25) is 4.79 Å². The van der Waals surface area contributed by atoms with Gasteiger partial charge in [-0.15, -0.1) is 11.3 Å². The van der Waals surface area contributed by atoms with Crippen molar-refractivity contribution in [3.63, 3.8) is 0 Å². The van der Waals surface area contributed by atoms with Gasteiger partial charge in [-0.1, -0.05) is 17.8 Å². The third-order valence-electron chi connectivity index (χ3n) is 3.99. The number of pyridine rings is 1. The van der Waals surface area contributed by atoms with E-state index in [9.17, 15) is 14.3 Å². The van der Waals surface area contributed by atoms with Crippen molar-refractivity contribution in [2.75, 3.05) is 6.61 Å². The summed E-state index contributed by atoms with van der Waals surface area (Å²) < 4.78 is 19.2. The molecule has 3 aromatic rings. The van der Waals surface area contributed by atoms with Crippen LogP contribution in [0.15, 0.2) is 50.7 Å². The summed E-state index contributed by atoms with van der Waals surface area (Å²) in [6, 6.07) is 8.44. The van der Waals surface area contributed by atoms with Crippen LogP contribution in [0, 0.1) is 5.82 Å². The summed E-state index contributed by atoms with van der Waals surface area (Å²) in [5, 5.41) is 11.1. The minimum Gasteiger partial charge on any atom is -0.480 e. The van der Waals surface area contributed by atoms with Crippen LogP contribution in [0.2, 0.25) is 0 Å². The molecule has 9 heteroatoms. The zero-order valence-corrected chi connectivity index (χ0v) is 18.9. The van der Waals surface area contributed by atoms with Crippen molar-refractivity contribution in [3.05, 3.63) is 57.9 Å². The van der Waals surface area contributed by atoms with Crippen LogP contribution < -0.4 is 4.74 Å². The lowest BCUT2D eigenvalue weighted by Gasteiger charge is -2.15. The molecule has 2 heterocycles. The van der Waals surface area contributed by atoms with Gasteiger partial charge in [-0.2, -0.15) is 0 Å². The normalized spacial score (nSPS) is 11.4. The molecule has 5 nitrogen and oxygen atoms in total. The second kappa shape index (κ2) is 9.23. The molecule has 0 fully saturated rings. The quantitative estimate of drug-likeness (QED) is 0.404. The minimum atomic E-state index is -0.919. The van der Waals surface area contributed by atoms with E-state index >= 15 is 0 Å². The van der Waals surface area contributed by atoms with Crippen LogP contribution in [0.5, 0.6) is 5.88 Å². The van der Waals surface area contributed by atoms with Gasteiger partial charge in [-0.25, -0.2) is 14.4 Å². The molecule has 0 aliphatic rings. The Balaban J connectivity index is 1.53. The number of carbonyl (C=O) groups is 1. The molecule has 0 radical (unpaired) electrons. The van der Waals surface area contributed by atoms with Crippen LogP contribution in [0.1, 0.15) is 19.5 Å². The third kappa shape index (κ3) is 5.77. The van der Waals surface area contributed by atoms with Crippen molar-refractivity contribution in [1.29, 1.82) is 0 Å². The van der Waals surface area contributed by atoms with Gasteiger partial charge in [0.05, 0.1) is 16.8 Å². The van der Waals surface area contributed by atoms with Crippen molar-refractivity contribution in [2.24, 2.45) is 0 Å². The molecule has 0 bridgehead atoms. The Morgan fingerprint density at radius 2 is 2.07 bits per heavy atom. The van der Waals surface area contributed by atoms with Gasteiger partial charge in [0.15, 0.2) is 4.34 Å². The zero-order chi connectivity index (χ0) is 21.0. The Bertz CT molecular complexity index is 1010. The molecule has 2 aromatic heterocycles. The standard InChI is InChI=1S/C20H18BrFN2O3S2/c1-20(2,18(25)26)29-19-24-14(11-28-19)7-8-27-17-6-4-13(10-23-17)12-3-5-16(22)15(21)9-12/h3-6,9-11H,7-8H2,1-2H3,(H,25,26). The van der Waals surface area contributed by atoms with Crippen LogP contribution in [-0.4, -0.2) is 32.4 Å². The van der Waals surface area contributed by atoms with Gasteiger partial charge < -0.3 is 9.84 Å². The molecular formula is C20H18BrFN2O3S2. The number of carboxylic acids is 1. The first kappa shape index (κ1) is 21.7. The average Bonchev–Trinajstić information content (AvgIpc) is 3.11. The summed E-state index contributed by atoms with van der Waals surface area (Å²) >= 11 is 5.85. The summed E-state index contributed by atoms with van der Waals surface area (Å²) in [7, 11) is 0. The number of thiazole rings is 1. The molecule has 0 aliphatic heterocycles. The molecule has 1 N–H and O–H groups in total. The smallest absolute Gasteiger partial charge is 0.319 e. The van der Waals surface area contributed by atoms with E-state index in [1.165, 1.54) is 29.2 Å². The largest absolute Gasteiger partial charge is 0.480 e. The van der Waals surface area contributed by atoms with Crippen molar-refractivity contribution < 1.29 is 19.0 Å². The van der Waals surface area contributed by atoms with E-state index in [0.717, 1.165) is 21.2 Å². The molecule has 152 valence electrons. The first-order valence-electron chi connectivity index (χ1n) is 8.66. The lowest BCUT2D eigenvalue weighted by atomic mass is 10.1. The van der Waals surface area contributed by atoms with Gasteiger partial charge in [0.25, 0.3) is 0 Å². The topological polar surface area (TPSA) is 72.3 Å². The summed E-state index contributed by atoms with van der Waals surface area (Å²) in [6.45, 7) is 3.72. The molecule has 0 aliphatic carbocycles. The highest BCUT2D eigenvalue weighted by atomic mass is 79.9. The number of aliphatic carboxylic acids is 1. The number of ether oxygens (including phenoxy) is 1. The molecule has 0 atom stereocenters. The summed E-state index contributed by atoms with van der Waals surface area (Å²) in [5.74, 6) is -0.686. The SMILES string of the molecule is CC(C)(Sc1nc(CCOc2ccc(-c3ccc(F)c(Br)c3)cn2)cs1)C(=O)O. The van der Waals surface area contributed by atoms with Crippen LogP contribution in [0.4, 0.5) is 4.39 Å². The van der Waals surface area contributed by atoms with Crippen LogP contribution in [0.25, 0.3) is 11.1 Å². The molecule has 1 aromatic carbocycles. The van der Waals surface area contributed by atoms with E-state index in [4.69, 9.17) is 4.74 Å². The highest BCUT2D eigenvalue weighted by Crippen LogP contribution is 2.34. The Morgan fingerprint density at radius 1 is 1.31 bits per heavy atom. The third-order valence-corrected chi connectivity index (χ3v) is 6.77. The van der Waals surface area contributed by atoms with E-state index in [0.29, 0.717) is 23.4 Å². The summed E-state index contributed by atoms with van der Waals surface area (Å²) in [5.41, 5.74) is 2.57. The number of halogens is 2. The second-order valence-electron chi connectivity index (χ2n) is 6.63.